The van der Waals surface area contributed by atoms with Crippen LogP contribution < -0.4 is 10.4 Å². The van der Waals surface area contributed by atoms with Crippen molar-refractivity contribution in [3.63, 3.8) is 0 Å². The van der Waals surface area contributed by atoms with Crippen LogP contribution in [-0.4, -0.2) is 44.1 Å². The summed E-state index contributed by atoms with van der Waals surface area (Å²) in [5.74, 6) is -0.244. The maximum atomic E-state index is 14.6. The highest BCUT2D eigenvalue weighted by molar-refractivity contribution is 6.62. The van der Waals surface area contributed by atoms with E-state index in [4.69, 9.17) is 14.0 Å². The van der Waals surface area contributed by atoms with Gasteiger partial charge in [0.15, 0.2) is 0 Å². The van der Waals surface area contributed by atoms with Crippen LogP contribution in [0.1, 0.15) is 34.6 Å². The number of ether oxygens (including phenoxy) is 1. The predicted octanol–water partition coefficient (Wildman–Crippen LogP) is 2.35. The van der Waals surface area contributed by atoms with Crippen LogP contribution in [-0.2, 0) is 14.0 Å². The van der Waals surface area contributed by atoms with Crippen molar-refractivity contribution in [2.24, 2.45) is 0 Å². The van der Waals surface area contributed by atoms with E-state index in [0.29, 0.717) is 30.8 Å². The Morgan fingerprint density at radius 1 is 1.17 bits per heavy atom. The van der Waals surface area contributed by atoms with Gasteiger partial charge in [-0.3, -0.25) is 0 Å². The Bertz CT molecular complexity index is 577. The SMILES string of the molecule is C[C@H]1CN(c2ccc(B3OC(C)(C)C(C)(C)O3)cc2F)CCO1. The fourth-order valence-corrected chi connectivity index (χ4v) is 2.94. The van der Waals surface area contributed by atoms with Crippen LogP contribution in [0, 0.1) is 5.82 Å². The van der Waals surface area contributed by atoms with Crippen molar-refractivity contribution in [1.82, 2.24) is 0 Å². The van der Waals surface area contributed by atoms with Gasteiger partial charge < -0.3 is 18.9 Å². The number of benzene rings is 1. The summed E-state index contributed by atoms with van der Waals surface area (Å²) in [5.41, 5.74) is 0.477. The number of hydrogen-bond acceptors (Lipinski definition) is 4. The minimum Gasteiger partial charge on any atom is -0.399 e. The largest absolute Gasteiger partial charge is 0.494 e. The molecule has 2 heterocycles. The van der Waals surface area contributed by atoms with E-state index in [1.165, 1.54) is 6.07 Å². The molecule has 2 aliphatic rings. The Morgan fingerprint density at radius 3 is 2.39 bits per heavy atom. The minimum absolute atomic E-state index is 0.117. The molecule has 0 amide bonds. The molecular formula is C17H25BFNO3. The van der Waals surface area contributed by atoms with Gasteiger partial charge in [-0.05, 0) is 52.2 Å². The lowest BCUT2D eigenvalue weighted by Gasteiger charge is -2.33. The summed E-state index contributed by atoms with van der Waals surface area (Å²) in [5, 5.41) is 0. The predicted molar refractivity (Wildman–Crippen MR) is 89.7 cm³/mol. The topological polar surface area (TPSA) is 30.9 Å². The highest BCUT2D eigenvalue weighted by atomic mass is 19.1. The zero-order valence-corrected chi connectivity index (χ0v) is 14.6. The van der Waals surface area contributed by atoms with E-state index in [9.17, 15) is 4.39 Å². The molecular weight excluding hydrogens is 296 g/mol. The average molecular weight is 321 g/mol. The molecule has 2 aliphatic heterocycles. The third-order valence-corrected chi connectivity index (χ3v) is 5.08. The molecule has 0 spiro atoms. The highest BCUT2D eigenvalue weighted by Crippen LogP contribution is 2.36. The zero-order chi connectivity index (χ0) is 16.8. The van der Waals surface area contributed by atoms with Crippen LogP contribution in [0.25, 0.3) is 0 Å². The van der Waals surface area contributed by atoms with Gasteiger partial charge in [0.1, 0.15) is 5.82 Å². The van der Waals surface area contributed by atoms with Crippen molar-refractivity contribution in [2.45, 2.75) is 51.9 Å². The molecule has 3 rings (SSSR count). The van der Waals surface area contributed by atoms with Crippen molar-refractivity contribution in [3.05, 3.63) is 24.0 Å². The minimum atomic E-state index is -0.535. The fraction of sp³-hybridized carbons (Fsp3) is 0.647. The first-order valence-electron chi connectivity index (χ1n) is 8.21. The maximum absolute atomic E-state index is 14.6. The second-order valence-electron chi connectivity index (χ2n) is 7.43. The van der Waals surface area contributed by atoms with Crippen LogP contribution in [0.3, 0.4) is 0 Å². The number of anilines is 1. The van der Waals surface area contributed by atoms with Gasteiger partial charge in [0, 0.05) is 13.1 Å². The lowest BCUT2D eigenvalue weighted by Crippen LogP contribution is -2.42. The van der Waals surface area contributed by atoms with Crippen LogP contribution >= 0.6 is 0 Å². The van der Waals surface area contributed by atoms with Crippen LogP contribution in [0.15, 0.2) is 18.2 Å². The second kappa shape index (κ2) is 5.76. The van der Waals surface area contributed by atoms with E-state index in [0.717, 1.165) is 0 Å². The number of rotatable bonds is 2. The van der Waals surface area contributed by atoms with Crippen molar-refractivity contribution in [3.8, 4) is 0 Å². The number of morpholine rings is 1. The molecule has 1 atom stereocenters. The van der Waals surface area contributed by atoms with Gasteiger partial charge in [0.05, 0.1) is 29.6 Å². The average Bonchev–Trinajstić information content (AvgIpc) is 2.67. The van der Waals surface area contributed by atoms with Gasteiger partial charge in [-0.2, -0.15) is 0 Å². The van der Waals surface area contributed by atoms with Gasteiger partial charge >= 0.3 is 7.12 Å². The Hall–Kier alpha value is -1.11. The molecule has 0 unspecified atom stereocenters. The Balaban J connectivity index is 1.80. The first kappa shape index (κ1) is 16.7. The standard InChI is InChI=1S/C17H25BFNO3/c1-12-11-20(8-9-21-12)15-7-6-13(10-14(15)19)18-22-16(2,3)17(4,5)23-18/h6-7,10,12H,8-9,11H2,1-5H3/t12-/m0/s1. The third-order valence-electron chi connectivity index (χ3n) is 5.08. The summed E-state index contributed by atoms with van der Waals surface area (Å²) in [6.45, 7) is 12.0. The molecule has 0 saturated carbocycles. The lowest BCUT2D eigenvalue weighted by molar-refractivity contribution is 0.00578. The van der Waals surface area contributed by atoms with E-state index < -0.39 is 18.3 Å². The molecule has 23 heavy (non-hydrogen) atoms. The Labute approximate surface area is 138 Å². The van der Waals surface area contributed by atoms with Gasteiger partial charge in [0.2, 0.25) is 0 Å². The summed E-state index contributed by atoms with van der Waals surface area (Å²) in [4.78, 5) is 2.03. The molecule has 2 fully saturated rings. The zero-order valence-electron chi connectivity index (χ0n) is 14.6. The smallest absolute Gasteiger partial charge is 0.399 e. The molecule has 0 radical (unpaired) electrons. The first-order chi connectivity index (χ1) is 10.7. The van der Waals surface area contributed by atoms with Crippen LogP contribution in [0.2, 0.25) is 0 Å². The molecule has 1 aromatic rings. The molecule has 4 nitrogen and oxygen atoms in total. The quantitative estimate of drug-likeness (QED) is 0.783. The van der Waals surface area contributed by atoms with E-state index in [1.807, 2.05) is 51.7 Å². The lowest BCUT2D eigenvalue weighted by atomic mass is 9.79. The Morgan fingerprint density at radius 2 is 1.83 bits per heavy atom. The van der Waals surface area contributed by atoms with Gasteiger partial charge in [-0.25, -0.2) is 4.39 Å². The summed E-state index contributed by atoms with van der Waals surface area (Å²) in [7, 11) is -0.535. The number of nitrogens with zero attached hydrogens (tertiary/aromatic N) is 1. The normalized spacial score (nSPS) is 26.6. The summed E-state index contributed by atoms with van der Waals surface area (Å²) in [6, 6.07) is 5.23. The molecule has 1 aromatic carbocycles. The van der Waals surface area contributed by atoms with Crippen molar-refractivity contribution < 1.29 is 18.4 Å². The maximum Gasteiger partial charge on any atom is 0.494 e. The molecule has 0 N–H and O–H groups in total. The number of hydrogen-bond donors (Lipinski definition) is 0. The molecule has 2 saturated heterocycles. The second-order valence-corrected chi connectivity index (χ2v) is 7.43. The third kappa shape index (κ3) is 3.12. The Kier molecular flexibility index (Phi) is 4.19. The van der Waals surface area contributed by atoms with E-state index >= 15 is 0 Å². The van der Waals surface area contributed by atoms with Gasteiger partial charge in [0.25, 0.3) is 0 Å². The van der Waals surface area contributed by atoms with Gasteiger partial charge in [-0.1, -0.05) is 6.07 Å². The van der Waals surface area contributed by atoms with E-state index in [2.05, 4.69) is 0 Å². The molecule has 6 heteroatoms. The van der Waals surface area contributed by atoms with E-state index in [1.54, 1.807) is 0 Å². The van der Waals surface area contributed by atoms with Gasteiger partial charge in [-0.15, -0.1) is 0 Å². The van der Waals surface area contributed by atoms with Crippen molar-refractivity contribution in [2.75, 3.05) is 24.6 Å². The number of halogens is 1. The monoisotopic (exact) mass is 321 g/mol. The fourth-order valence-electron chi connectivity index (χ4n) is 2.94. The molecule has 0 aliphatic carbocycles. The van der Waals surface area contributed by atoms with Crippen LogP contribution in [0.4, 0.5) is 10.1 Å². The summed E-state index contributed by atoms with van der Waals surface area (Å²) in [6.07, 6.45) is 0.117. The highest BCUT2D eigenvalue weighted by Gasteiger charge is 2.51. The molecule has 126 valence electrons. The van der Waals surface area contributed by atoms with Crippen molar-refractivity contribution >= 4 is 18.3 Å². The molecule has 0 aromatic heterocycles. The van der Waals surface area contributed by atoms with Crippen LogP contribution in [0.5, 0.6) is 0 Å². The summed E-state index contributed by atoms with van der Waals surface area (Å²) >= 11 is 0. The first-order valence-corrected chi connectivity index (χ1v) is 8.21. The van der Waals surface area contributed by atoms with E-state index in [-0.39, 0.29) is 11.9 Å². The summed E-state index contributed by atoms with van der Waals surface area (Å²) < 4.78 is 32.1. The van der Waals surface area contributed by atoms with Crippen molar-refractivity contribution in [1.29, 1.82) is 0 Å². The molecule has 0 bridgehead atoms.